The van der Waals surface area contributed by atoms with E-state index in [9.17, 15) is 12.8 Å². The van der Waals surface area contributed by atoms with E-state index in [1.165, 1.54) is 16.4 Å². The van der Waals surface area contributed by atoms with E-state index in [1.54, 1.807) is 0 Å². The fourth-order valence-electron chi connectivity index (χ4n) is 2.26. The van der Waals surface area contributed by atoms with Gasteiger partial charge in [0.15, 0.2) is 0 Å². The fourth-order valence-corrected chi connectivity index (χ4v) is 3.83. The Hall–Kier alpha value is -0.980. The number of sulfonamides is 1. The van der Waals surface area contributed by atoms with Crippen LogP contribution in [0.1, 0.15) is 31.2 Å². The summed E-state index contributed by atoms with van der Waals surface area (Å²) in [5, 5.41) is 9.02. The normalized spacial score (nSPS) is 18.2. The van der Waals surface area contributed by atoms with Gasteiger partial charge in [0.2, 0.25) is 10.0 Å². The van der Waals surface area contributed by atoms with Crippen LogP contribution in [-0.4, -0.2) is 30.9 Å². The first-order valence-electron chi connectivity index (χ1n) is 6.45. The van der Waals surface area contributed by atoms with Crippen LogP contribution in [0.2, 0.25) is 0 Å². The number of benzene rings is 1. The van der Waals surface area contributed by atoms with Crippen LogP contribution >= 0.6 is 0 Å². The molecule has 0 amide bonds. The van der Waals surface area contributed by atoms with Crippen LogP contribution in [0.4, 0.5) is 4.39 Å². The Balaban J connectivity index is 2.32. The molecule has 1 N–H and O–H groups in total. The first-order chi connectivity index (χ1) is 9.05. The fraction of sp³-hybridized carbons (Fsp3) is 0.538. The average Bonchev–Trinajstić information content (AvgIpc) is 2.68. The molecule has 1 aromatic rings. The molecule has 1 aliphatic rings. The van der Waals surface area contributed by atoms with Crippen molar-refractivity contribution >= 4 is 10.0 Å². The predicted octanol–water partition coefficient (Wildman–Crippen LogP) is 1.88. The number of halogens is 1. The molecular formula is C13H18FNO3S. The molecule has 1 heterocycles. The minimum atomic E-state index is -3.58. The number of rotatable bonds is 3. The van der Waals surface area contributed by atoms with Crippen LogP contribution in [-0.2, 0) is 16.6 Å². The number of hydrogen-bond acceptors (Lipinski definition) is 3. The van der Waals surface area contributed by atoms with Crippen molar-refractivity contribution in [3.63, 3.8) is 0 Å². The van der Waals surface area contributed by atoms with Crippen LogP contribution in [0.5, 0.6) is 0 Å². The third-order valence-electron chi connectivity index (χ3n) is 3.39. The number of aliphatic hydroxyl groups excluding tert-OH is 1. The van der Waals surface area contributed by atoms with Gasteiger partial charge in [0, 0.05) is 18.7 Å². The molecule has 4 nitrogen and oxygen atoms in total. The van der Waals surface area contributed by atoms with Gasteiger partial charge in [0.25, 0.3) is 0 Å². The van der Waals surface area contributed by atoms with Crippen molar-refractivity contribution in [2.45, 2.75) is 37.2 Å². The van der Waals surface area contributed by atoms with Crippen molar-refractivity contribution in [3.05, 3.63) is 29.6 Å². The molecule has 0 bridgehead atoms. The predicted molar refractivity (Wildman–Crippen MR) is 69.5 cm³/mol. The minimum absolute atomic E-state index is 0.0101. The lowest BCUT2D eigenvalue weighted by Crippen LogP contribution is -2.32. The van der Waals surface area contributed by atoms with Gasteiger partial charge in [-0.2, -0.15) is 4.31 Å². The van der Waals surface area contributed by atoms with Gasteiger partial charge in [0.05, 0.1) is 11.5 Å². The second-order valence-corrected chi connectivity index (χ2v) is 6.67. The van der Waals surface area contributed by atoms with Crippen molar-refractivity contribution in [2.75, 3.05) is 13.1 Å². The third kappa shape index (κ3) is 3.13. The lowest BCUT2D eigenvalue weighted by molar-refractivity contribution is 0.275. The van der Waals surface area contributed by atoms with Crippen LogP contribution in [0.25, 0.3) is 0 Å². The van der Waals surface area contributed by atoms with E-state index < -0.39 is 22.4 Å². The number of nitrogens with zero attached hydrogens (tertiary/aromatic N) is 1. The molecule has 1 aliphatic heterocycles. The van der Waals surface area contributed by atoms with Gasteiger partial charge in [-0.25, -0.2) is 12.8 Å². The molecule has 0 spiro atoms. The Morgan fingerprint density at radius 2 is 1.79 bits per heavy atom. The summed E-state index contributed by atoms with van der Waals surface area (Å²) in [5.74, 6) is -0.586. The van der Waals surface area contributed by atoms with Crippen molar-refractivity contribution in [2.24, 2.45) is 0 Å². The summed E-state index contributed by atoms with van der Waals surface area (Å²) in [6, 6.07) is 3.57. The van der Waals surface area contributed by atoms with Crippen molar-refractivity contribution in [1.82, 2.24) is 4.31 Å². The average molecular weight is 287 g/mol. The number of aliphatic hydroxyl groups is 1. The van der Waals surface area contributed by atoms with Gasteiger partial charge in [-0.3, -0.25) is 0 Å². The molecule has 6 heteroatoms. The second-order valence-electron chi connectivity index (χ2n) is 4.73. The van der Waals surface area contributed by atoms with Crippen molar-refractivity contribution in [3.8, 4) is 0 Å². The van der Waals surface area contributed by atoms with Crippen molar-refractivity contribution < 1.29 is 17.9 Å². The molecule has 0 aliphatic carbocycles. The summed E-state index contributed by atoms with van der Waals surface area (Å²) >= 11 is 0. The van der Waals surface area contributed by atoms with Gasteiger partial charge >= 0.3 is 0 Å². The summed E-state index contributed by atoms with van der Waals surface area (Å²) in [6.45, 7) is 0.511. The SMILES string of the molecule is O=S(=O)(c1ccc(F)c(CO)c1)N1CCCCCC1. The van der Waals surface area contributed by atoms with Gasteiger partial charge < -0.3 is 5.11 Å². The maximum atomic E-state index is 13.3. The highest BCUT2D eigenvalue weighted by Crippen LogP contribution is 2.22. The van der Waals surface area contributed by atoms with Gasteiger partial charge in [0.1, 0.15) is 5.82 Å². The maximum absolute atomic E-state index is 13.3. The Morgan fingerprint density at radius 3 is 2.37 bits per heavy atom. The summed E-state index contributed by atoms with van der Waals surface area (Å²) in [7, 11) is -3.58. The first-order valence-corrected chi connectivity index (χ1v) is 7.89. The van der Waals surface area contributed by atoms with E-state index in [1.807, 2.05) is 0 Å². The molecule has 19 heavy (non-hydrogen) atoms. The van der Waals surface area contributed by atoms with Crippen LogP contribution in [0, 0.1) is 5.82 Å². The summed E-state index contributed by atoms with van der Waals surface area (Å²) in [5.41, 5.74) is 0.0101. The second kappa shape index (κ2) is 5.98. The highest BCUT2D eigenvalue weighted by atomic mass is 32.2. The Bertz CT molecular complexity index is 537. The maximum Gasteiger partial charge on any atom is 0.243 e. The first kappa shape index (κ1) is 14.4. The standard InChI is InChI=1S/C13H18FNO3S/c14-13-6-5-12(9-11(13)10-16)19(17,18)15-7-3-1-2-4-8-15/h5-6,9,16H,1-4,7-8,10H2. The third-order valence-corrected chi connectivity index (χ3v) is 5.28. The van der Waals surface area contributed by atoms with E-state index in [-0.39, 0.29) is 10.5 Å². The van der Waals surface area contributed by atoms with E-state index in [0.29, 0.717) is 13.1 Å². The van der Waals surface area contributed by atoms with Crippen LogP contribution in [0.15, 0.2) is 23.1 Å². The highest BCUT2D eigenvalue weighted by Gasteiger charge is 2.25. The Morgan fingerprint density at radius 1 is 1.16 bits per heavy atom. The lowest BCUT2D eigenvalue weighted by Gasteiger charge is -2.20. The number of hydrogen-bond donors (Lipinski definition) is 1. The molecule has 0 atom stereocenters. The zero-order valence-electron chi connectivity index (χ0n) is 10.7. The van der Waals surface area contributed by atoms with Crippen LogP contribution < -0.4 is 0 Å². The Labute approximate surface area is 112 Å². The molecule has 1 saturated heterocycles. The molecule has 1 aromatic carbocycles. The van der Waals surface area contributed by atoms with E-state index in [4.69, 9.17) is 5.11 Å². The smallest absolute Gasteiger partial charge is 0.243 e. The van der Waals surface area contributed by atoms with Crippen molar-refractivity contribution in [1.29, 1.82) is 0 Å². The molecule has 0 unspecified atom stereocenters. The van der Waals surface area contributed by atoms with E-state index in [2.05, 4.69) is 0 Å². The van der Waals surface area contributed by atoms with E-state index in [0.717, 1.165) is 31.7 Å². The van der Waals surface area contributed by atoms with Crippen LogP contribution in [0.3, 0.4) is 0 Å². The molecule has 106 valence electrons. The van der Waals surface area contributed by atoms with Gasteiger partial charge in [-0.1, -0.05) is 12.8 Å². The molecule has 0 saturated carbocycles. The highest BCUT2D eigenvalue weighted by molar-refractivity contribution is 7.89. The quantitative estimate of drug-likeness (QED) is 0.923. The molecule has 1 fully saturated rings. The Kier molecular flexibility index (Phi) is 4.54. The molecule has 2 rings (SSSR count). The summed E-state index contributed by atoms with van der Waals surface area (Å²) in [6.07, 6.45) is 3.79. The zero-order valence-corrected chi connectivity index (χ0v) is 11.5. The van der Waals surface area contributed by atoms with Gasteiger partial charge in [-0.05, 0) is 31.0 Å². The summed E-state index contributed by atoms with van der Waals surface area (Å²) < 4.78 is 39.6. The minimum Gasteiger partial charge on any atom is -0.392 e. The largest absolute Gasteiger partial charge is 0.392 e. The lowest BCUT2D eigenvalue weighted by atomic mass is 10.2. The molecular weight excluding hydrogens is 269 g/mol. The topological polar surface area (TPSA) is 57.6 Å². The molecule has 0 radical (unpaired) electrons. The van der Waals surface area contributed by atoms with E-state index >= 15 is 0 Å². The monoisotopic (exact) mass is 287 g/mol. The zero-order chi connectivity index (χ0) is 13.9. The van der Waals surface area contributed by atoms with Gasteiger partial charge in [-0.15, -0.1) is 0 Å². The summed E-state index contributed by atoms with van der Waals surface area (Å²) in [4.78, 5) is 0.0554. The molecule has 0 aromatic heterocycles.